The summed E-state index contributed by atoms with van der Waals surface area (Å²) in [6.07, 6.45) is -1.49. The summed E-state index contributed by atoms with van der Waals surface area (Å²) in [5.41, 5.74) is -1.04. The Bertz CT molecular complexity index is 705. The molecule has 1 amide bonds. The van der Waals surface area contributed by atoms with Gasteiger partial charge in [-0.2, -0.15) is 13.2 Å². The average molecular weight is 337 g/mol. The van der Waals surface area contributed by atoms with Gasteiger partial charge in [0.2, 0.25) is 0 Å². The highest BCUT2D eigenvalue weighted by atomic mass is 19.4. The molecule has 1 N–H and O–H groups in total. The van der Waals surface area contributed by atoms with Crippen LogP contribution in [0.5, 0.6) is 0 Å². The van der Waals surface area contributed by atoms with Crippen molar-refractivity contribution in [3.63, 3.8) is 0 Å². The molecule has 8 heteroatoms. The molecule has 2 aromatic rings. The topological polar surface area (TPSA) is 64.1 Å². The monoisotopic (exact) mass is 337 g/mol. The van der Waals surface area contributed by atoms with Crippen molar-refractivity contribution < 1.29 is 22.7 Å². The van der Waals surface area contributed by atoms with Gasteiger partial charge in [0.15, 0.2) is 6.10 Å². The maximum Gasteiger partial charge on any atom is 0.416 e. The first-order chi connectivity index (χ1) is 11.4. The Hall–Kier alpha value is -2.90. The van der Waals surface area contributed by atoms with Gasteiger partial charge >= 0.3 is 12.3 Å². The Morgan fingerprint density at radius 2 is 2.08 bits per heavy atom. The standard InChI is InChI=1S/C16H14F3N3O2/c1-2-7-22-15(23)24-14(13-10-20-8-9-21-13)11-5-3-4-6-12(11)16(17,18)19/h2-6,8-10,14H,1,7H2,(H,22,23). The van der Waals surface area contributed by atoms with E-state index in [0.29, 0.717) is 0 Å². The number of ether oxygens (including phenoxy) is 1. The highest BCUT2D eigenvalue weighted by molar-refractivity contribution is 5.68. The van der Waals surface area contributed by atoms with Crippen LogP contribution < -0.4 is 5.32 Å². The minimum atomic E-state index is -4.60. The van der Waals surface area contributed by atoms with E-state index in [0.717, 1.165) is 6.07 Å². The van der Waals surface area contributed by atoms with Gasteiger partial charge in [0.05, 0.1) is 11.8 Å². The van der Waals surface area contributed by atoms with Gasteiger partial charge in [-0.1, -0.05) is 24.3 Å². The number of hydrogen-bond donors (Lipinski definition) is 1. The summed E-state index contributed by atoms with van der Waals surface area (Å²) in [7, 11) is 0. The van der Waals surface area contributed by atoms with Gasteiger partial charge in [-0.3, -0.25) is 9.97 Å². The van der Waals surface area contributed by atoms with E-state index in [-0.39, 0.29) is 17.8 Å². The number of alkyl carbamates (subject to hydrolysis) is 1. The highest BCUT2D eigenvalue weighted by Crippen LogP contribution is 2.37. The molecule has 1 aromatic carbocycles. The van der Waals surface area contributed by atoms with Crippen molar-refractivity contribution in [3.05, 3.63) is 72.3 Å². The second-order valence-electron chi connectivity index (χ2n) is 4.67. The van der Waals surface area contributed by atoms with Gasteiger partial charge in [0.1, 0.15) is 5.69 Å². The van der Waals surface area contributed by atoms with E-state index in [2.05, 4.69) is 21.9 Å². The molecule has 0 saturated heterocycles. The SMILES string of the molecule is C=CCNC(=O)OC(c1cnccn1)c1ccccc1C(F)(F)F. The number of rotatable bonds is 5. The molecule has 126 valence electrons. The van der Waals surface area contributed by atoms with E-state index >= 15 is 0 Å². The van der Waals surface area contributed by atoms with Crippen molar-refractivity contribution in [2.24, 2.45) is 0 Å². The van der Waals surface area contributed by atoms with Crippen molar-refractivity contribution in [3.8, 4) is 0 Å². The molecule has 2 rings (SSSR count). The minimum Gasteiger partial charge on any atom is -0.435 e. The summed E-state index contributed by atoms with van der Waals surface area (Å²) in [4.78, 5) is 19.6. The van der Waals surface area contributed by atoms with Crippen LogP contribution >= 0.6 is 0 Å². The lowest BCUT2D eigenvalue weighted by atomic mass is 10.00. The lowest BCUT2D eigenvalue weighted by Gasteiger charge is -2.21. The van der Waals surface area contributed by atoms with E-state index in [4.69, 9.17) is 4.74 Å². The zero-order valence-electron chi connectivity index (χ0n) is 12.5. The molecule has 1 heterocycles. The van der Waals surface area contributed by atoms with Crippen LogP contribution in [-0.2, 0) is 10.9 Å². The second-order valence-corrected chi connectivity index (χ2v) is 4.67. The third kappa shape index (κ3) is 4.31. The fourth-order valence-electron chi connectivity index (χ4n) is 2.02. The Kier molecular flexibility index (Phi) is 5.51. The summed E-state index contributed by atoms with van der Waals surface area (Å²) in [6.45, 7) is 3.55. The number of amides is 1. The number of nitrogens with one attached hydrogen (secondary N) is 1. The summed E-state index contributed by atoms with van der Waals surface area (Å²) < 4.78 is 44.9. The van der Waals surface area contributed by atoms with Crippen molar-refractivity contribution in [2.45, 2.75) is 12.3 Å². The summed E-state index contributed by atoms with van der Waals surface area (Å²) in [5, 5.41) is 2.35. The molecule has 0 spiro atoms. The number of halogens is 3. The summed E-state index contributed by atoms with van der Waals surface area (Å²) >= 11 is 0. The molecule has 0 bridgehead atoms. The molecule has 5 nitrogen and oxygen atoms in total. The maximum absolute atomic E-state index is 13.3. The van der Waals surface area contributed by atoms with E-state index < -0.39 is 23.9 Å². The maximum atomic E-state index is 13.3. The third-order valence-corrected chi connectivity index (χ3v) is 3.02. The first kappa shape index (κ1) is 17.5. The zero-order valence-corrected chi connectivity index (χ0v) is 12.5. The number of alkyl halides is 3. The lowest BCUT2D eigenvalue weighted by molar-refractivity contribution is -0.139. The van der Waals surface area contributed by atoms with E-state index in [9.17, 15) is 18.0 Å². The normalized spacial score (nSPS) is 12.3. The molecule has 0 aliphatic heterocycles. The first-order valence-electron chi connectivity index (χ1n) is 6.91. The van der Waals surface area contributed by atoms with E-state index in [1.807, 2.05) is 0 Å². The number of nitrogens with zero attached hydrogens (tertiary/aromatic N) is 2. The van der Waals surface area contributed by atoms with Crippen LogP contribution in [0.2, 0.25) is 0 Å². The predicted octanol–water partition coefficient (Wildman–Crippen LogP) is 3.50. The van der Waals surface area contributed by atoms with Crippen molar-refractivity contribution in [2.75, 3.05) is 6.54 Å². The molecule has 1 aromatic heterocycles. The van der Waals surface area contributed by atoms with Crippen LogP contribution in [0.15, 0.2) is 55.5 Å². The van der Waals surface area contributed by atoms with Gasteiger partial charge in [0, 0.05) is 24.5 Å². The number of carbonyl (C=O) groups is 1. The second kappa shape index (κ2) is 7.58. The van der Waals surface area contributed by atoms with E-state index in [1.165, 1.54) is 42.9 Å². The van der Waals surface area contributed by atoms with E-state index in [1.54, 1.807) is 0 Å². The highest BCUT2D eigenvalue weighted by Gasteiger charge is 2.36. The molecule has 0 radical (unpaired) electrons. The molecule has 24 heavy (non-hydrogen) atoms. The molecule has 0 saturated carbocycles. The largest absolute Gasteiger partial charge is 0.435 e. The van der Waals surface area contributed by atoms with Crippen LogP contribution in [0.1, 0.15) is 22.9 Å². The van der Waals surface area contributed by atoms with Crippen LogP contribution in [0.25, 0.3) is 0 Å². The fraction of sp³-hybridized carbons (Fsp3) is 0.188. The number of benzene rings is 1. The lowest BCUT2D eigenvalue weighted by Crippen LogP contribution is -2.27. The Morgan fingerprint density at radius 3 is 2.71 bits per heavy atom. The summed E-state index contributed by atoms with van der Waals surface area (Å²) in [5.74, 6) is 0. The van der Waals surface area contributed by atoms with Gasteiger partial charge in [-0.05, 0) is 6.07 Å². The first-order valence-corrected chi connectivity index (χ1v) is 6.91. The Balaban J connectivity index is 2.44. The van der Waals surface area contributed by atoms with Crippen LogP contribution in [-0.4, -0.2) is 22.6 Å². The van der Waals surface area contributed by atoms with Crippen molar-refractivity contribution in [1.29, 1.82) is 0 Å². The molecule has 1 unspecified atom stereocenters. The zero-order chi connectivity index (χ0) is 17.6. The smallest absolute Gasteiger partial charge is 0.416 e. The predicted molar refractivity (Wildman–Crippen MR) is 80.0 cm³/mol. The Morgan fingerprint density at radius 1 is 1.33 bits per heavy atom. The Labute approximate surface area is 136 Å². The fourth-order valence-corrected chi connectivity index (χ4v) is 2.02. The van der Waals surface area contributed by atoms with Gasteiger partial charge in [0.25, 0.3) is 0 Å². The van der Waals surface area contributed by atoms with Crippen LogP contribution in [0, 0.1) is 0 Å². The average Bonchev–Trinajstić information content (AvgIpc) is 2.58. The van der Waals surface area contributed by atoms with Crippen LogP contribution in [0.3, 0.4) is 0 Å². The van der Waals surface area contributed by atoms with Gasteiger partial charge < -0.3 is 10.1 Å². The molecular formula is C16H14F3N3O2. The minimum absolute atomic E-state index is 0.0861. The number of aromatic nitrogens is 2. The van der Waals surface area contributed by atoms with Gasteiger partial charge in [-0.25, -0.2) is 4.79 Å². The van der Waals surface area contributed by atoms with Crippen LogP contribution in [0.4, 0.5) is 18.0 Å². The molecule has 0 fully saturated rings. The molecule has 0 aliphatic rings. The van der Waals surface area contributed by atoms with Gasteiger partial charge in [-0.15, -0.1) is 6.58 Å². The molecule has 0 aliphatic carbocycles. The molecule has 1 atom stereocenters. The number of carbonyl (C=O) groups excluding carboxylic acids is 1. The quantitative estimate of drug-likeness (QED) is 0.848. The van der Waals surface area contributed by atoms with Crippen molar-refractivity contribution >= 4 is 6.09 Å². The number of hydrogen-bond acceptors (Lipinski definition) is 4. The van der Waals surface area contributed by atoms with Crippen molar-refractivity contribution in [1.82, 2.24) is 15.3 Å². The summed E-state index contributed by atoms with van der Waals surface area (Å²) in [6, 6.07) is 4.85. The third-order valence-electron chi connectivity index (χ3n) is 3.02. The molecular weight excluding hydrogens is 323 g/mol.